The number of hydrogen-bond donors (Lipinski definition) is 0. The van der Waals surface area contributed by atoms with Gasteiger partial charge in [0.2, 0.25) is 0 Å². The van der Waals surface area contributed by atoms with E-state index < -0.39 is 0 Å². The molecule has 0 fully saturated rings. The van der Waals surface area contributed by atoms with E-state index in [1.54, 1.807) is 0 Å². The predicted molar refractivity (Wildman–Crippen MR) is 93.6 cm³/mol. The smallest absolute Gasteiger partial charge is 0.341 e. The summed E-state index contributed by atoms with van der Waals surface area (Å²) in [5.74, 6) is 1.34. The molecule has 0 aromatic carbocycles. The number of hydrogen-bond acceptors (Lipinski definition) is 4. The van der Waals surface area contributed by atoms with Crippen molar-refractivity contribution >= 4 is 6.08 Å². The van der Waals surface area contributed by atoms with Crippen molar-refractivity contribution in [1.82, 2.24) is 9.80 Å². The van der Waals surface area contributed by atoms with Crippen molar-refractivity contribution in [1.29, 1.82) is 0 Å². The third-order valence-electron chi connectivity index (χ3n) is 5.59. The molecular weight excluding hydrogens is 288 g/mol. The van der Waals surface area contributed by atoms with E-state index in [-0.39, 0.29) is 5.63 Å². The van der Waals surface area contributed by atoms with Crippen LogP contribution in [0.5, 0.6) is 0 Å². The van der Waals surface area contributed by atoms with Crippen LogP contribution in [0.3, 0.4) is 0 Å². The van der Waals surface area contributed by atoms with E-state index in [0.29, 0.717) is 12.0 Å². The van der Waals surface area contributed by atoms with Gasteiger partial charge in [-0.25, -0.2) is 4.79 Å². The molecule has 2 aliphatic rings. The first kappa shape index (κ1) is 16.5. The molecule has 1 aliphatic carbocycles. The van der Waals surface area contributed by atoms with Gasteiger partial charge in [-0.3, -0.25) is 4.90 Å². The summed E-state index contributed by atoms with van der Waals surface area (Å²) in [6.45, 7) is 9.33. The van der Waals surface area contributed by atoms with Crippen LogP contribution in [0, 0.1) is 5.92 Å². The molecule has 0 bridgehead atoms. The lowest BCUT2D eigenvalue weighted by molar-refractivity contribution is 0.177. The topological polar surface area (TPSA) is 36.7 Å². The zero-order chi connectivity index (χ0) is 16.7. The standard InChI is InChI=1S/C19H28N2O2/c1-12-8-16-15-6-7-21(10-14(3)20(4)5)11-17(15)19(22)23-18(16)9-13(12)2/h9,12,14H,6-8,10-11H2,1-5H3. The minimum atomic E-state index is -0.139. The fraction of sp³-hybridized carbons (Fsp3) is 0.632. The van der Waals surface area contributed by atoms with Gasteiger partial charge in [-0.15, -0.1) is 0 Å². The molecule has 0 amide bonds. The predicted octanol–water partition coefficient (Wildman–Crippen LogP) is 2.54. The summed E-state index contributed by atoms with van der Waals surface area (Å²) in [5.41, 5.74) is 4.59. The molecule has 126 valence electrons. The van der Waals surface area contributed by atoms with Crippen LogP contribution in [-0.2, 0) is 19.4 Å². The molecule has 0 N–H and O–H groups in total. The minimum Gasteiger partial charge on any atom is -0.423 e. The highest BCUT2D eigenvalue weighted by atomic mass is 16.4. The van der Waals surface area contributed by atoms with Gasteiger partial charge >= 0.3 is 5.63 Å². The minimum absolute atomic E-state index is 0.139. The molecule has 0 saturated heterocycles. The van der Waals surface area contributed by atoms with Crippen molar-refractivity contribution in [3.63, 3.8) is 0 Å². The van der Waals surface area contributed by atoms with Crippen molar-refractivity contribution in [2.24, 2.45) is 5.92 Å². The van der Waals surface area contributed by atoms with Crippen LogP contribution in [0.25, 0.3) is 6.08 Å². The molecule has 0 spiro atoms. The van der Waals surface area contributed by atoms with Crippen LogP contribution in [0.1, 0.15) is 43.2 Å². The van der Waals surface area contributed by atoms with Gasteiger partial charge in [-0.2, -0.15) is 0 Å². The summed E-state index contributed by atoms with van der Waals surface area (Å²) in [6, 6.07) is 0.479. The monoisotopic (exact) mass is 316 g/mol. The van der Waals surface area contributed by atoms with Crippen molar-refractivity contribution in [3.05, 3.63) is 38.4 Å². The molecule has 2 unspecified atom stereocenters. The number of rotatable bonds is 3. The maximum absolute atomic E-state index is 12.5. The molecule has 4 nitrogen and oxygen atoms in total. The Hall–Kier alpha value is -1.39. The van der Waals surface area contributed by atoms with Crippen LogP contribution >= 0.6 is 0 Å². The quantitative estimate of drug-likeness (QED) is 0.859. The van der Waals surface area contributed by atoms with Crippen molar-refractivity contribution in [2.45, 2.75) is 46.2 Å². The highest BCUT2D eigenvalue weighted by Crippen LogP contribution is 2.32. The van der Waals surface area contributed by atoms with E-state index in [9.17, 15) is 4.79 Å². The first-order chi connectivity index (χ1) is 10.9. The second-order valence-electron chi connectivity index (χ2n) is 7.48. The maximum Gasteiger partial charge on any atom is 0.341 e. The van der Waals surface area contributed by atoms with Crippen LogP contribution in [0.2, 0.25) is 0 Å². The molecule has 4 heteroatoms. The van der Waals surface area contributed by atoms with Gasteiger partial charge in [-0.1, -0.05) is 12.5 Å². The second kappa shape index (κ2) is 6.25. The van der Waals surface area contributed by atoms with Gasteiger partial charge in [0.15, 0.2) is 0 Å². The number of nitrogens with zero attached hydrogens (tertiary/aromatic N) is 2. The van der Waals surface area contributed by atoms with Crippen molar-refractivity contribution < 1.29 is 4.42 Å². The molecule has 0 saturated carbocycles. The Morgan fingerprint density at radius 2 is 2.09 bits per heavy atom. The average Bonchev–Trinajstić information content (AvgIpc) is 2.49. The molecule has 1 aromatic rings. The van der Waals surface area contributed by atoms with E-state index in [4.69, 9.17) is 4.42 Å². The Labute approximate surface area is 138 Å². The Morgan fingerprint density at radius 1 is 1.35 bits per heavy atom. The highest BCUT2D eigenvalue weighted by Gasteiger charge is 2.28. The normalized spacial score (nSPS) is 22.5. The first-order valence-electron chi connectivity index (χ1n) is 8.61. The fourth-order valence-corrected chi connectivity index (χ4v) is 3.56. The zero-order valence-corrected chi connectivity index (χ0v) is 15.0. The molecule has 1 aliphatic heterocycles. The Balaban J connectivity index is 1.91. The highest BCUT2D eigenvalue weighted by molar-refractivity contribution is 5.57. The number of fused-ring (bicyclic) bond motifs is 3. The lowest BCUT2D eigenvalue weighted by atomic mass is 9.83. The van der Waals surface area contributed by atoms with Gasteiger partial charge in [0.05, 0.1) is 5.56 Å². The zero-order valence-electron chi connectivity index (χ0n) is 15.0. The Morgan fingerprint density at radius 3 is 2.78 bits per heavy atom. The van der Waals surface area contributed by atoms with Crippen LogP contribution in [0.15, 0.2) is 14.8 Å². The maximum atomic E-state index is 12.5. The third kappa shape index (κ3) is 3.15. The summed E-state index contributed by atoms with van der Waals surface area (Å²) in [7, 11) is 4.20. The summed E-state index contributed by atoms with van der Waals surface area (Å²) >= 11 is 0. The van der Waals surface area contributed by atoms with E-state index >= 15 is 0 Å². The van der Waals surface area contributed by atoms with Crippen LogP contribution in [-0.4, -0.2) is 43.0 Å². The van der Waals surface area contributed by atoms with Gasteiger partial charge in [0.1, 0.15) is 5.76 Å². The Kier molecular flexibility index (Phi) is 4.47. The number of likely N-dealkylation sites (N-methyl/N-ethyl adjacent to an activating group) is 1. The second-order valence-corrected chi connectivity index (χ2v) is 7.48. The van der Waals surface area contributed by atoms with Crippen molar-refractivity contribution in [2.75, 3.05) is 27.2 Å². The fourth-order valence-electron chi connectivity index (χ4n) is 3.56. The van der Waals surface area contributed by atoms with E-state index in [1.165, 1.54) is 16.7 Å². The van der Waals surface area contributed by atoms with Crippen LogP contribution < -0.4 is 5.63 Å². The molecule has 23 heavy (non-hydrogen) atoms. The Bertz CT molecular complexity index is 687. The largest absolute Gasteiger partial charge is 0.423 e. The molecule has 1 aromatic heterocycles. The van der Waals surface area contributed by atoms with Gasteiger partial charge in [0.25, 0.3) is 0 Å². The molecular formula is C19H28N2O2. The number of allylic oxidation sites excluding steroid dienone is 1. The van der Waals surface area contributed by atoms with Crippen LogP contribution in [0.4, 0.5) is 0 Å². The van der Waals surface area contributed by atoms with Gasteiger partial charge < -0.3 is 9.32 Å². The molecule has 3 rings (SSSR count). The van der Waals surface area contributed by atoms with E-state index in [2.05, 4.69) is 50.7 Å². The summed E-state index contributed by atoms with van der Waals surface area (Å²) in [5, 5.41) is 0. The lowest BCUT2D eigenvalue weighted by Gasteiger charge is -2.34. The molecule has 2 heterocycles. The van der Waals surface area contributed by atoms with E-state index in [1.807, 2.05) is 0 Å². The summed E-state index contributed by atoms with van der Waals surface area (Å²) in [6.07, 6.45) is 4.02. The SMILES string of the molecule is CC1=Cc2oc(=O)c3c(c2CC1C)CCN(CC(C)N(C)C)C3. The lowest BCUT2D eigenvalue weighted by Crippen LogP contribution is -2.42. The van der Waals surface area contributed by atoms with Gasteiger partial charge in [0, 0.05) is 25.7 Å². The summed E-state index contributed by atoms with van der Waals surface area (Å²) in [4.78, 5) is 17.1. The van der Waals surface area contributed by atoms with E-state index in [0.717, 1.165) is 43.8 Å². The van der Waals surface area contributed by atoms with Gasteiger partial charge in [-0.05, 0) is 63.9 Å². The molecule has 0 radical (unpaired) electrons. The third-order valence-corrected chi connectivity index (χ3v) is 5.59. The van der Waals surface area contributed by atoms with Crippen molar-refractivity contribution in [3.8, 4) is 0 Å². The first-order valence-corrected chi connectivity index (χ1v) is 8.61. The molecule has 2 atom stereocenters. The average molecular weight is 316 g/mol. The summed E-state index contributed by atoms with van der Waals surface area (Å²) < 4.78 is 5.65.